The van der Waals surface area contributed by atoms with E-state index >= 15 is 0 Å². The summed E-state index contributed by atoms with van der Waals surface area (Å²) in [6.45, 7) is 1.41. The van der Waals surface area contributed by atoms with Crippen LogP contribution in [-0.2, 0) is 16.1 Å². The van der Waals surface area contributed by atoms with Crippen LogP contribution in [0.1, 0.15) is 10.4 Å². The highest BCUT2D eigenvalue weighted by molar-refractivity contribution is 9.11. The van der Waals surface area contributed by atoms with Crippen LogP contribution in [0.5, 0.6) is 0 Å². The molecule has 0 N–H and O–H groups in total. The van der Waals surface area contributed by atoms with Crippen molar-refractivity contribution < 1.29 is 9.47 Å². The van der Waals surface area contributed by atoms with Crippen molar-refractivity contribution in [2.75, 3.05) is 13.2 Å². The number of rotatable bonds is 8. The molecule has 0 bridgehead atoms. The molecule has 0 aliphatic rings. The van der Waals surface area contributed by atoms with Gasteiger partial charge in [0.25, 0.3) is 0 Å². The lowest BCUT2D eigenvalue weighted by Gasteiger charge is -2.13. The lowest BCUT2D eigenvalue weighted by Crippen LogP contribution is -2.04. The zero-order valence-corrected chi connectivity index (χ0v) is 17.5. The maximum Gasteiger partial charge on any atom is 0.144 e. The van der Waals surface area contributed by atoms with Crippen molar-refractivity contribution in [3.63, 3.8) is 0 Å². The third-order valence-corrected chi connectivity index (χ3v) is 5.49. The van der Waals surface area contributed by atoms with Crippen LogP contribution in [0.4, 0.5) is 0 Å². The Morgan fingerprint density at radius 2 is 2.12 bits per heavy atom. The molecule has 0 saturated carbocycles. The fourth-order valence-electron chi connectivity index (χ4n) is 2.17. The Kier molecular flexibility index (Phi) is 7.16. The van der Waals surface area contributed by atoms with Gasteiger partial charge in [0.15, 0.2) is 0 Å². The number of nitrogens with zero attached hydrogens (tertiary/aromatic N) is 2. The largest absolute Gasteiger partial charge is 0.489 e. The molecule has 0 saturated heterocycles. The number of hydrogen-bond donors (Lipinski definition) is 0. The van der Waals surface area contributed by atoms with E-state index in [1.165, 1.54) is 0 Å². The number of ether oxygens (including phenoxy) is 2. The summed E-state index contributed by atoms with van der Waals surface area (Å²) in [5.74, 6) is 0.618. The van der Waals surface area contributed by atoms with Gasteiger partial charge in [-0.3, -0.25) is 0 Å². The summed E-state index contributed by atoms with van der Waals surface area (Å²) in [5, 5.41) is 1.10. The molecule has 0 atom stereocenters. The number of benzene rings is 1. The molecule has 3 aromatic rings. The van der Waals surface area contributed by atoms with Gasteiger partial charge in [0, 0.05) is 27.9 Å². The molecule has 0 radical (unpaired) electrons. The Balaban J connectivity index is 1.62. The molecule has 4 nitrogen and oxygen atoms in total. The molecule has 0 spiro atoms. The first-order chi connectivity index (χ1) is 12.6. The summed E-state index contributed by atoms with van der Waals surface area (Å²) in [4.78, 5) is 5.19. The third kappa shape index (κ3) is 5.59. The van der Waals surface area contributed by atoms with Crippen LogP contribution in [-0.4, -0.2) is 22.8 Å². The number of halogens is 3. The van der Waals surface area contributed by atoms with Crippen LogP contribution < -0.4 is 0 Å². The fraction of sp³-hybridized carbons (Fsp3) is 0.167. The standard InChI is InChI=1S/C18H15BrCl2N2O2S/c19-18-4-2-14(26-18)11-24-7-8-25-17(10-23-6-5-22-12-23)15-3-1-13(20)9-16(15)21/h1-6,9-10,12H,7-8,11H2. The highest BCUT2D eigenvalue weighted by Gasteiger charge is 2.10. The van der Waals surface area contributed by atoms with Gasteiger partial charge in [0.05, 0.1) is 34.6 Å². The number of aromatic nitrogens is 2. The second-order valence-corrected chi connectivity index (χ2v) is 8.63. The summed E-state index contributed by atoms with van der Waals surface area (Å²) in [7, 11) is 0. The van der Waals surface area contributed by atoms with Gasteiger partial charge in [-0.2, -0.15) is 0 Å². The van der Waals surface area contributed by atoms with E-state index in [1.54, 1.807) is 40.6 Å². The van der Waals surface area contributed by atoms with E-state index in [-0.39, 0.29) is 0 Å². The average molecular weight is 474 g/mol. The molecule has 1 aromatic carbocycles. The van der Waals surface area contributed by atoms with Crippen molar-refractivity contribution >= 4 is 62.4 Å². The smallest absolute Gasteiger partial charge is 0.144 e. The van der Waals surface area contributed by atoms with Gasteiger partial charge in [0.2, 0.25) is 0 Å². The quantitative estimate of drug-likeness (QED) is 0.288. The topological polar surface area (TPSA) is 36.3 Å². The summed E-state index contributed by atoms with van der Waals surface area (Å²) in [6.07, 6.45) is 7.01. The van der Waals surface area contributed by atoms with Crippen molar-refractivity contribution in [2.45, 2.75) is 6.61 Å². The minimum Gasteiger partial charge on any atom is -0.489 e. The van der Waals surface area contributed by atoms with E-state index in [0.29, 0.717) is 35.6 Å². The van der Waals surface area contributed by atoms with Crippen LogP contribution in [0.3, 0.4) is 0 Å². The van der Waals surface area contributed by atoms with Gasteiger partial charge in [-0.05, 0) is 46.3 Å². The number of thiophene rings is 1. The predicted octanol–water partition coefficient (Wildman–Crippen LogP) is 6.20. The van der Waals surface area contributed by atoms with Crippen molar-refractivity contribution in [3.8, 4) is 0 Å². The first-order valence-electron chi connectivity index (χ1n) is 7.71. The number of imidazole rings is 1. The minimum atomic E-state index is 0.395. The Bertz CT molecular complexity index is 881. The zero-order chi connectivity index (χ0) is 18.4. The molecule has 3 rings (SSSR count). The molecule has 0 unspecified atom stereocenters. The monoisotopic (exact) mass is 472 g/mol. The molecular weight excluding hydrogens is 459 g/mol. The van der Waals surface area contributed by atoms with E-state index in [9.17, 15) is 0 Å². The molecule has 2 aromatic heterocycles. The second kappa shape index (κ2) is 9.58. The van der Waals surface area contributed by atoms with Gasteiger partial charge in [0.1, 0.15) is 12.4 Å². The van der Waals surface area contributed by atoms with E-state index in [4.69, 9.17) is 32.7 Å². The predicted molar refractivity (Wildman–Crippen MR) is 110 cm³/mol. The van der Waals surface area contributed by atoms with Crippen molar-refractivity contribution in [3.05, 3.63) is 73.3 Å². The lowest BCUT2D eigenvalue weighted by atomic mass is 10.2. The summed E-state index contributed by atoms with van der Waals surface area (Å²) < 4.78 is 14.5. The maximum absolute atomic E-state index is 6.32. The van der Waals surface area contributed by atoms with Crippen molar-refractivity contribution in [1.82, 2.24) is 9.55 Å². The van der Waals surface area contributed by atoms with Gasteiger partial charge in [-0.15, -0.1) is 11.3 Å². The third-order valence-electron chi connectivity index (χ3n) is 3.35. The highest BCUT2D eigenvalue weighted by Crippen LogP contribution is 2.28. The fourth-order valence-corrected chi connectivity index (χ4v) is 4.09. The van der Waals surface area contributed by atoms with Crippen LogP contribution in [0.15, 0.2) is 52.8 Å². The molecule has 0 fully saturated rings. The van der Waals surface area contributed by atoms with E-state index in [2.05, 4.69) is 20.9 Å². The van der Waals surface area contributed by atoms with E-state index < -0.39 is 0 Å². The Morgan fingerprint density at radius 1 is 1.23 bits per heavy atom. The van der Waals surface area contributed by atoms with Crippen molar-refractivity contribution in [1.29, 1.82) is 0 Å². The number of hydrogen-bond acceptors (Lipinski definition) is 4. The molecule has 136 valence electrons. The molecular formula is C18H15BrCl2N2O2S. The van der Waals surface area contributed by atoms with Crippen LogP contribution >= 0.6 is 50.5 Å². The van der Waals surface area contributed by atoms with Gasteiger partial charge in [-0.25, -0.2) is 4.98 Å². The molecule has 0 aliphatic carbocycles. The Morgan fingerprint density at radius 3 is 2.81 bits per heavy atom. The van der Waals surface area contributed by atoms with Crippen LogP contribution in [0, 0.1) is 0 Å². The Labute approximate surface area is 174 Å². The SMILES string of the molecule is Clc1ccc(C(=Cn2ccnc2)OCCOCc2ccc(Br)s2)c(Cl)c1. The Hall–Kier alpha value is -1.31. The molecule has 8 heteroatoms. The average Bonchev–Trinajstić information content (AvgIpc) is 3.25. The van der Waals surface area contributed by atoms with Gasteiger partial charge in [-0.1, -0.05) is 23.2 Å². The molecule has 0 aliphatic heterocycles. The zero-order valence-electron chi connectivity index (χ0n) is 13.6. The highest BCUT2D eigenvalue weighted by atomic mass is 79.9. The summed E-state index contributed by atoms with van der Waals surface area (Å²) in [6, 6.07) is 9.34. The summed E-state index contributed by atoms with van der Waals surface area (Å²) in [5.41, 5.74) is 0.756. The minimum absolute atomic E-state index is 0.395. The van der Waals surface area contributed by atoms with Crippen LogP contribution in [0.25, 0.3) is 12.0 Å². The first-order valence-corrected chi connectivity index (χ1v) is 10.1. The second-order valence-electron chi connectivity index (χ2n) is 5.23. The van der Waals surface area contributed by atoms with Gasteiger partial charge >= 0.3 is 0 Å². The van der Waals surface area contributed by atoms with E-state index in [0.717, 1.165) is 14.2 Å². The van der Waals surface area contributed by atoms with Gasteiger partial charge < -0.3 is 14.0 Å². The first kappa shape index (κ1) is 19.5. The van der Waals surface area contributed by atoms with Crippen molar-refractivity contribution in [2.24, 2.45) is 0 Å². The lowest BCUT2D eigenvalue weighted by molar-refractivity contribution is 0.0823. The normalized spacial score (nSPS) is 11.7. The van der Waals surface area contributed by atoms with E-state index in [1.807, 2.05) is 30.6 Å². The maximum atomic E-state index is 6.32. The molecule has 26 heavy (non-hydrogen) atoms. The van der Waals surface area contributed by atoms with Crippen LogP contribution in [0.2, 0.25) is 10.0 Å². The molecule has 0 amide bonds. The molecule has 2 heterocycles. The summed E-state index contributed by atoms with van der Waals surface area (Å²) >= 11 is 17.4.